The van der Waals surface area contributed by atoms with Gasteiger partial charge in [0.25, 0.3) is 0 Å². The van der Waals surface area contributed by atoms with Crippen LogP contribution in [0.25, 0.3) is 0 Å². The van der Waals surface area contributed by atoms with Crippen LogP contribution in [0.1, 0.15) is 26.2 Å². The van der Waals surface area contributed by atoms with Crippen molar-refractivity contribution < 1.29 is 19.1 Å². The lowest BCUT2D eigenvalue weighted by Gasteiger charge is -2.22. The third-order valence-corrected chi connectivity index (χ3v) is 2.44. The summed E-state index contributed by atoms with van der Waals surface area (Å²) in [5, 5.41) is 7.36. The van der Waals surface area contributed by atoms with Gasteiger partial charge >= 0.3 is 6.03 Å². The zero-order valence-corrected chi connectivity index (χ0v) is 10.5. The molecule has 1 aliphatic rings. The maximum Gasteiger partial charge on any atom is 0.321 e. The van der Waals surface area contributed by atoms with E-state index in [1.54, 1.807) is 0 Å². The lowest BCUT2D eigenvalue weighted by atomic mass is 10.1. The summed E-state index contributed by atoms with van der Waals surface area (Å²) >= 11 is 0. The van der Waals surface area contributed by atoms with Gasteiger partial charge in [-0.2, -0.15) is 0 Å². The summed E-state index contributed by atoms with van der Waals surface area (Å²) in [7, 11) is 0. The van der Waals surface area contributed by atoms with Crippen molar-refractivity contribution in [1.29, 1.82) is 0 Å². The maximum atomic E-state index is 11.5. The van der Waals surface area contributed by atoms with Crippen LogP contribution >= 0.6 is 0 Å². The highest BCUT2D eigenvalue weighted by atomic mass is 16.5. The molecule has 1 fully saturated rings. The van der Waals surface area contributed by atoms with E-state index in [4.69, 9.17) is 4.74 Å². The summed E-state index contributed by atoms with van der Waals surface area (Å²) in [5.41, 5.74) is 0. The van der Waals surface area contributed by atoms with Gasteiger partial charge in [0.1, 0.15) is 0 Å². The molecule has 7 nitrogen and oxygen atoms in total. The normalized spacial score (nSPS) is 19.1. The molecule has 4 amide bonds. The third-order valence-electron chi connectivity index (χ3n) is 2.44. The standard InChI is InChI=1S/C11H19N3O4/c1-2-18-5-3-4-12-9(15)6-8-7-10(16)14-11(17)13-8/h8H,2-7H2,1H3,(H,12,15)(H2,13,14,16,17). The van der Waals surface area contributed by atoms with Crippen molar-refractivity contribution in [3.8, 4) is 0 Å². The van der Waals surface area contributed by atoms with Gasteiger partial charge in [-0.05, 0) is 13.3 Å². The van der Waals surface area contributed by atoms with Crippen LogP contribution in [0.15, 0.2) is 0 Å². The predicted molar refractivity (Wildman–Crippen MR) is 63.8 cm³/mol. The van der Waals surface area contributed by atoms with Crippen molar-refractivity contribution in [2.45, 2.75) is 32.2 Å². The fourth-order valence-electron chi connectivity index (χ4n) is 1.64. The second-order valence-electron chi connectivity index (χ2n) is 4.03. The van der Waals surface area contributed by atoms with Gasteiger partial charge in [0.15, 0.2) is 0 Å². The van der Waals surface area contributed by atoms with Crippen LogP contribution in [-0.4, -0.2) is 43.6 Å². The molecule has 1 unspecified atom stereocenters. The number of urea groups is 1. The molecule has 0 aromatic carbocycles. The molecular formula is C11H19N3O4. The first-order chi connectivity index (χ1) is 8.61. The smallest absolute Gasteiger partial charge is 0.321 e. The molecule has 0 bridgehead atoms. The molecule has 0 aromatic rings. The number of carbonyl (C=O) groups is 3. The van der Waals surface area contributed by atoms with Gasteiger partial charge in [0.05, 0.1) is 0 Å². The molecule has 1 aliphatic heterocycles. The van der Waals surface area contributed by atoms with Gasteiger partial charge in [-0.25, -0.2) is 4.79 Å². The van der Waals surface area contributed by atoms with Crippen LogP contribution in [0.4, 0.5) is 4.79 Å². The van der Waals surface area contributed by atoms with E-state index >= 15 is 0 Å². The second kappa shape index (κ2) is 7.65. The van der Waals surface area contributed by atoms with Crippen LogP contribution in [0.5, 0.6) is 0 Å². The van der Waals surface area contributed by atoms with E-state index in [-0.39, 0.29) is 24.7 Å². The number of nitrogens with one attached hydrogen (secondary N) is 3. The van der Waals surface area contributed by atoms with E-state index in [1.165, 1.54) is 0 Å². The summed E-state index contributed by atoms with van der Waals surface area (Å²) in [5.74, 6) is -0.528. The monoisotopic (exact) mass is 257 g/mol. The summed E-state index contributed by atoms with van der Waals surface area (Å²) in [4.78, 5) is 33.6. The topological polar surface area (TPSA) is 96.5 Å². The van der Waals surface area contributed by atoms with Crippen molar-refractivity contribution in [2.24, 2.45) is 0 Å². The molecule has 7 heteroatoms. The van der Waals surface area contributed by atoms with Gasteiger partial charge in [-0.3, -0.25) is 14.9 Å². The molecule has 1 saturated heterocycles. The van der Waals surface area contributed by atoms with Crippen molar-refractivity contribution in [1.82, 2.24) is 16.0 Å². The SMILES string of the molecule is CCOCCCNC(=O)CC1CC(=O)NC(=O)N1. The first-order valence-corrected chi connectivity index (χ1v) is 6.06. The van der Waals surface area contributed by atoms with Gasteiger partial charge in [-0.15, -0.1) is 0 Å². The van der Waals surface area contributed by atoms with E-state index in [9.17, 15) is 14.4 Å². The highest BCUT2D eigenvalue weighted by Gasteiger charge is 2.25. The van der Waals surface area contributed by atoms with Gasteiger partial charge < -0.3 is 15.4 Å². The number of rotatable bonds is 7. The molecule has 0 aliphatic carbocycles. The first kappa shape index (κ1) is 14.4. The molecule has 18 heavy (non-hydrogen) atoms. The van der Waals surface area contributed by atoms with Gasteiger partial charge in [0, 0.05) is 38.6 Å². The highest BCUT2D eigenvalue weighted by molar-refractivity contribution is 5.97. The molecule has 1 atom stereocenters. The number of amides is 4. The molecule has 3 N–H and O–H groups in total. The summed E-state index contributed by atoms with van der Waals surface area (Å²) in [6.45, 7) is 3.72. The van der Waals surface area contributed by atoms with Crippen molar-refractivity contribution >= 4 is 17.8 Å². The Bertz CT molecular complexity index is 303. The quantitative estimate of drug-likeness (QED) is 0.536. The predicted octanol–water partition coefficient (Wildman–Crippen LogP) is -0.483. The molecule has 0 aromatic heterocycles. The lowest BCUT2D eigenvalue weighted by molar-refractivity contribution is -0.123. The van der Waals surface area contributed by atoms with Crippen LogP contribution < -0.4 is 16.0 Å². The molecule has 1 heterocycles. The zero-order chi connectivity index (χ0) is 13.4. The van der Waals surface area contributed by atoms with Gasteiger partial charge in [0.2, 0.25) is 11.8 Å². The minimum atomic E-state index is -0.541. The Morgan fingerprint density at radius 1 is 1.50 bits per heavy atom. The van der Waals surface area contributed by atoms with E-state index in [0.29, 0.717) is 19.8 Å². The van der Waals surface area contributed by atoms with E-state index in [1.807, 2.05) is 6.92 Å². The number of carbonyl (C=O) groups excluding carboxylic acids is 3. The van der Waals surface area contributed by atoms with E-state index in [2.05, 4.69) is 16.0 Å². The van der Waals surface area contributed by atoms with Crippen LogP contribution in [0.3, 0.4) is 0 Å². The Kier molecular flexibility index (Phi) is 6.13. The average molecular weight is 257 g/mol. The zero-order valence-electron chi connectivity index (χ0n) is 10.5. The van der Waals surface area contributed by atoms with E-state index < -0.39 is 12.1 Å². The molecule has 0 spiro atoms. The number of ether oxygens (including phenoxy) is 1. The Hall–Kier alpha value is -1.63. The van der Waals surface area contributed by atoms with Crippen molar-refractivity contribution in [3.63, 3.8) is 0 Å². The van der Waals surface area contributed by atoms with Crippen LogP contribution in [0.2, 0.25) is 0 Å². The Morgan fingerprint density at radius 3 is 2.94 bits per heavy atom. The largest absolute Gasteiger partial charge is 0.382 e. The summed E-state index contributed by atoms with van der Waals surface area (Å²) in [6.07, 6.45) is 1.00. The molecule has 0 radical (unpaired) electrons. The number of hydrogen-bond donors (Lipinski definition) is 3. The Balaban J connectivity index is 2.15. The Labute approximate surface area is 106 Å². The molecule has 0 saturated carbocycles. The second-order valence-corrected chi connectivity index (χ2v) is 4.03. The van der Waals surface area contributed by atoms with E-state index in [0.717, 1.165) is 6.42 Å². The van der Waals surface area contributed by atoms with Gasteiger partial charge in [-0.1, -0.05) is 0 Å². The maximum absolute atomic E-state index is 11.5. The Morgan fingerprint density at radius 2 is 2.28 bits per heavy atom. The third kappa shape index (κ3) is 5.62. The number of hydrogen-bond acceptors (Lipinski definition) is 4. The molecule has 1 rings (SSSR count). The molecular weight excluding hydrogens is 238 g/mol. The first-order valence-electron chi connectivity index (χ1n) is 6.06. The van der Waals surface area contributed by atoms with Crippen LogP contribution in [0, 0.1) is 0 Å². The molecule has 102 valence electrons. The number of imide groups is 1. The van der Waals surface area contributed by atoms with Crippen molar-refractivity contribution in [2.75, 3.05) is 19.8 Å². The average Bonchev–Trinajstić information content (AvgIpc) is 2.27. The lowest BCUT2D eigenvalue weighted by Crippen LogP contribution is -2.53. The van der Waals surface area contributed by atoms with Crippen molar-refractivity contribution in [3.05, 3.63) is 0 Å². The highest BCUT2D eigenvalue weighted by Crippen LogP contribution is 2.02. The fraction of sp³-hybridized carbons (Fsp3) is 0.727. The minimum absolute atomic E-state index is 0.119. The minimum Gasteiger partial charge on any atom is -0.382 e. The fourth-order valence-corrected chi connectivity index (χ4v) is 1.64. The summed E-state index contributed by atoms with van der Waals surface area (Å²) < 4.78 is 5.13. The van der Waals surface area contributed by atoms with Crippen LogP contribution in [-0.2, 0) is 14.3 Å². The summed E-state index contributed by atoms with van der Waals surface area (Å²) in [6, 6.07) is -0.960.